The highest BCUT2D eigenvalue weighted by molar-refractivity contribution is 9.10. The number of carbonyl (C=O) groups is 1. The van der Waals surface area contributed by atoms with Gasteiger partial charge in [0.25, 0.3) is 0 Å². The molecule has 3 nitrogen and oxygen atoms in total. The molecule has 0 bridgehead atoms. The largest absolute Gasteiger partial charge is 0.348 e. The Hall–Kier alpha value is -0.870. The van der Waals surface area contributed by atoms with Crippen LogP contribution in [0.2, 0.25) is 0 Å². The lowest BCUT2D eigenvalue weighted by atomic mass is 10.0. The van der Waals surface area contributed by atoms with Crippen LogP contribution in [0.15, 0.2) is 28.7 Å². The number of rotatable bonds is 4. The minimum Gasteiger partial charge on any atom is -0.348 e. The first-order valence-electron chi connectivity index (χ1n) is 5.73. The first-order valence-corrected chi connectivity index (χ1v) is 6.52. The number of hydrogen-bond donors (Lipinski definition) is 2. The van der Waals surface area contributed by atoms with E-state index in [-0.39, 0.29) is 17.9 Å². The van der Waals surface area contributed by atoms with Crippen molar-refractivity contribution in [3.05, 3.63) is 34.3 Å². The molecule has 0 aliphatic heterocycles. The Morgan fingerprint density at radius 2 is 2.00 bits per heavy atom. The van der Waals surface area contributed by atoms with Gasteiger partial charge in [-0.1, -0.05) is 41.9 Å². The van der Waals surface area contributed by atoms with E-state index in [1.807, 2.05) is 45.0 Å². The van der Waals surface area contributed by atoms with E-state index in [9.17, 15) is 4.79 Å². The molecular weight excluding hydrogens is 280 g/mol. The van der Waals surface area contributed by atoms with E-state index < -0.39 is 6.04 Å². The van der Waals surface area contributed by atoms with Crippen LogP contribution in [0.25, 0.3) is 0 Å². The minimum absolute atomic E-state index is 0.0372. The lowest BCUT2D eigenvalue weighted by Gasteiger charge is -2.20. The van der Waals surface area contributed by atoms with Crippen LogP contribution in [0.5, 0.6) is 0 Å². The molecule has 0 heterocycles. The zero-order valence-electron chi connectivity index (χ0n) is 10.4. The fraction of sp³-hybridized carbons (Fsp3) is 0.462. The van der Waals surface area contributed by atoms with Gasteiger partial charge in [0.1, 0.15) is 0 Å². The monoisotopic (exact) mass is 298 g/mol. The standard InChI is InChI=1S/C13H19BrN2O/c1-8(2)12(15)13(17)16-9(3)10-5-4-6-11(14)7-10/h4-9,12H,15H2,1-3H3,(H,16,17)/t9-,12-/m1/s1. The zero-order chi connectivity index (χ0) is 13.0. The fourth-order valence-corrected chi connectivity index (χ4v) is 1.89. The van der Waals surface area contributed by atoms with Crippen molar-refractivity contribution in [2.24, 2.45) is 11.7 Å². The molecule has 1 rings (SSSR count). The molecule has 0 aliphatic carbocycles. The molecule has 0 saturated heterocycles. The maximum Gasteiger partial charge on any atom is 0.237 e. The summed E-state index contributed by atoms with van der Waals surface area (Å²) in [7, 11) is 0. The Morgan fingerprint density at radius 3 is 2.53 bits per heavy atom. The number of nitrogens with two attached hydrogens (primary N) is 1. The topological polar surface area (TPSA) is 55.1 Å². The average molecular weight is 299 g/mol. The van der Waals surface area contributed by atoms with Gasteiger partial charge in [-0.2, -0.15) is 0 Å². The maximum atomic E-state index is 11.8. The maximum absolute atomic E-state index is 11.8. The first kappa shape index (κ1) is 14.2. The molecule has 2 atom stereocenters. The average Bonchev–Trinajstić information content (AvgIpc) is 2.27. The van der Waals surface area contributed by atoms with Crippen LogP contribution in [-0.2, 0) is 4.79 Å². The molecule has 0 saturated carbocycles. The summed E-state index contributed by atoms with van der Waals surface area (Å²) >= 11 is 3.41. The van der Waals surface area contributed by atoms with Gasteiger partial charge < -0.3 is 11.1 Å². The van der Waals surface area contributed by atoms with Crippen molar-refractivity contribution >= 4 is 21.8 Å². The van der Waals surface area contributed by atoms with Crippen molar-refractivity contribution in [3.8, 4) is 0 Å². The second-order valence-corrected chi connectivity index (χ2v) is 5.47. The zero-order valence-corrected chi connectivity index (χ0v) is 12.0. The minimum atomic E-state index is -0.454. The van der Waals surface area contributed by atoms with Crippen molar-refractivity contribution in [2.75, 3.05) is 0 Å². The molecular formula is C13H19BrN2O. The second kappa shape index (κ2) is 6.17. The van der Waals surface area contributed by atoms with Crippen LogP contribution in [-0.4, -0.2) is 11.9 Å². The van der Waals surface area contributed by atoms with E-state index in [0.29, 0.717) is 0 Å². The molecule has 0 radical (unpaired) electrons. The van der Waals surface area contributed by atoms with Crippen molar-refractivity contribution in [1.82, 2.24) is 5.32 Å². The summed E-state index contributed by atoms with van der Waals surface area (Å²) in [6.45, 7) is 5.83. The highest BCUT2D eigenvalue weighted by Crippen LogP contribution is 2.18. The SMILES string of the molecule is CC(C)[C@@H](N)C(=O)N[C@H](C)c1cccc(Br)c1. The number of halogens is 1. The number of carbonyl (C=O) groups excluding carboxylic acids is 1. The third-order valence-electron chi connectivity index (χ3n) is 2.73. The van der Waals surface area contributed by atoms with Gasteiger partial charge in [0, 0.05) is 4.47 Å². The molecule has 1 amide bonds. The number of nitrogens with one attached hydrogen (secondary N) is 1. The molecule has 1 aromatic rings. The summed E-state index contributed by atoms with van der Waals surface area (Å²) in [6, 6.07) is 7.39. The van der Waals surface area contributed by atoms with E-state index in [1.165, 1.54) is 0 Å². The summed E-state index contributed by atoms with van der Waals surface area (Å²) in [5.74, 6) is 0.0391. The van der Waals surface area contributed by atoms with Crippen LogP contribution in [0, 0.1) is 5.92 Å². The summed E-state index contributed by atoms with van der Waals surface area (Å²) in [4.78, 5) is 11.8. The highest BCUT2D eigenvalue weighted by atomic mass is 79.9. The normalized spacial score (nSPS) is 14.5. The molecule has 0 aliphatic rings. The lowest BCUT2D eigenvalue weighted by Crippen LogP contribution is -2.44. The first-order chi connectivity index (χ1) is 7.91. The second-order valence-electron chi connectivity index (χ2n) is 4.56. The molecule has 0 fully saturated rings. The quantitative estimate of drug-likeness (QED) is 0.898. The van der Waals surface area contributed by atoms with Crippen LogP contribution in [0.1, 0.15) is 32.4 Å². The van der Waals surface area contributed by atoms with Gasteiger partial charge in [-0.05, 0) is 30.5 Å². The van der Waals surface area contributed by atoms with Crippen molar-refractivity contribution in [3.63, 3.8) is 0 Å². The number of amides is 1. The predicted octanol–water partition coefficient (Wildman–Crippen LogP) is 2.61. The third-order valence-corrected chi connectivity index (χ3v) is 3.22. The molecule has 0 aromatic heterocycles. The van der Waals surface area contributed by atoms with Gasteiger partial charge in [-0.15, -0.1) is 0 Å². The smallest absolute Gasteiger partial charge is 0.237 e. The van der Waals surface area contributed by atoms with Gasteiger partial charge in [-0.25, -0.2) is 0 Å². The fourth-order valence-electron chi connectivity index (χ4n) is 1.47. The third kappa shape index (κ3) is 4.13. The van der Waals surface area contributed by atoms with E-state index >= 15 is 0 Å². The van der Waals surface area contributed by atoms with Crippen molar-refractivity contribution in [1.29, 1.82) is 0 Å². The summed E-state index contributed by atoms with van der Waals surface area (Å²) < 4.78 is 1.00. The van der Waals surface area contributed by atoms with Gasteiger partial charge in [0.2, 0.25) is 5.91 Å². The van der Waals surface area contributed by atoms with Gasteiger partial charge in [0.15, 0.2) is 0 Å². The van der Waals surface area contributed by atoms with Crippen LogP contribution >= 0.6 is 15.9 Å². The molecule has 0 spiro atoms. The van der Waals surface area contributed by atoms with E-state index in [4.69, 9.17) is 5.73 Å². The summed E-state index contributed by atoms with van der Waals surface area (Å²) in [5.41, 5.74) is 6.85. The molecule has 0 unspecified atom stereocenters. The van der Waals surface area contributed by atoms with E-state index in [1.54, 1.807) is 0 Å². The van der Waals surface area contributed by atoms with Crippen LogP contribution < -0.4 is 11.1 Å². The number of benzene rings is 1. The number of hydrogen-bond acceptors (Lipinski definition) is 2. The van der Waals surface area contributed by atoms with Crippen molar-refractivity contribution in [2.45, 2.75) is 32.9 Å². The Kier molecular flexibility index (Phi) is 5.15. The molecule has 17 heavy (non-hydrogen) atoms. The van der Waals surface area contributed by atoms with Crippen molar-refractivity contribution < 1.29 is 4.79 Å². The molecule has 1 aromatic carbocycles. The molecule has 94 valence electrons. The van der Waals surface area contributed by atoms with Gasteiger partial charge in [-0.3, -0.25) is 4.79 Å². The summed E-state index contributed by atoms with van der Waals surface area (Å²) in [5, 5.41) is 2.92. The van der Waals surface area contributed by atoms with Crippen LogP contribution in [0.3, 0.4) is 0 Å². The Labute approximate surface area is 111 Å². The molecule has 4 heteroatoms. The van der Waals surface area contributed by atoms with E-state index in [2.05, 4.69) is 21.2 Å². The Balaban J connectivity index is 2.66. The van der Waals surface area contributed by atoms with Gasteiger partial charge >= 0.3 is 0 Å². The molecule has 3 N–H and O–H groups in total. The lowest BCUT2D eigenvalue weighted by molar-refractivity contribution is -0.123. The van der Waals surface area contributed by atoms with Crippen LogP contribution in [0.4, 0.5) is 0 Å². The van der Waals surface area contributed by atoms with E-state index in [0.717, 1.165) is 10.0 Å². The Bertz CT molecular complexity index is 393. The van der Waals surface area contributed by atoms with Gasteiger partial charge in [0.05, 0.1) is 12.1 Å². The Morgan fingerprint density at radius 1 is 1.35 bits per heavy atom. The highest BCUT2D eigenvalue weighted by Gasteiger charge is 2.19. The summed E-state index contributed by atoms with van der Waals surface area (Å²) in [6.07, 6.45) is 0. The predicted molar refractivity (Wildman–Crippen MR) is 73.5 cm³/mol.